The minimum absolute atomic E-state index is 0.0110. The molecule has 0 fully saturated rings. The third-order valence-corrected chi connectivity index (χ3v) is 9.88. The molecule has 0 aromatic heterocycles. The van der Waals surface area contributed by atoms with Crippen molar-refractivity contribution in [2.24, 2.45) is 0 Å². The van der Waals surface area contributed by atoms with Gasteiger partial charge in [0.15, 0.2) is 0 Å². The van der Waals surface area contributed by atoms with E-state index in [4.69, 9.17) is 0 Å². The lowest BCUT2D eigenvalue weighted by Crippen LogP contribution is -2.18. The van der Waals surface area contributed by atoms with Crippen molar-refractivity contribution in [3.8, 4) is 33.4 Å². The zero-order chi connectivity index (χ0) is 24.7. The molecule has 35 heavy (non-hydrogen) atoms. The number of benzene rings is 4. The molecule has 172 valence electrons. The summed E-state index contributed by atoms with van der Waals surface area (Å²) in [5.74, 6) is 0. The smallest absolute Gasteiger partial charge is 0.0886 e. The Kier molecular flexibility index (Phi) is 3.96. The Morgan fingerprint density at radius 1 is 0.457 bits per heavy atom. The topological polar surface area (TPSA) is 0 Å². The van der Waals surface area contributed by atoms with Gasteiger partial charge < -0.3 is 0 Å². The van der Waals surface area contributed by atoms with Gasteiger partial charge in [-0.2, -0.15) is 0 Å². The highest BCUT2D eigenvalue weighted by atomic mass is 79.9. The first-order chi connectivity index (χ1) is 16.4. The van der Waals surface area contributed by atoms with Gasteiger partial charge >= 0.3 is 0 Å². The summed E-state index contributed by atoms with van der Waals surface area (Å²) in [4.78, 5) is 0. The number of rotatable bonds is 0. The molecule has 0 atom stereocenters. The predicted molar refractivity (Wildman–Crippen MR) is 155 cm³/mol. The molecule has 0 N–H and O–H groups in total. The van der Waals surface area contributed by atoms with E-state index in [0.717, 1.165) is 4.47 Å². The Bertz CT molecular complexity index is 1510. The van der Waals surface area contributed by atoms with E-state index in [1.54, 1.807) is 0 Å². The van der Waals surface area contributed by atoms with Crippen molar-refractivity contribution in [1.82, 2.24) is 0 Å². The average Bonchev–Trinajstić information content (AvgIpc) is 3.26. The van der Waals surface area contributed by atoms with E-state index in [1.165, 1.54) is 72.2 Å². The summed E-state index contributed by atoms with van der Waals surface area (Å²) < 4.78 is 1.16. The monoisotopic (exact) mass is 516 g/mol. The fourth-order valence-corrected chi connectivity index (χ4v) is 7.63. The van der Waals surface area contributed by atoms with E-state index in [9.17, 15) is 0 Å². The molecule has 0 spiro atoms. The molecular weight excluding hydrogens is 487 g/mol. The van der Waals surface area contributed by atoms with Crippen LogP contribution in [0.5, 0.6) is 0 Å². The van der Waals surface area contributed by atoms with Crippen molar-refractivity contribution < 1.29 is 0 Å². The largest absolute Gasteiger partial charge is 0.139 e. The van der Waals surface area contributed by atoms with Crippen LogP contribution in [0.3, 0.4) is 0 Å². The highest BCUT2D eigenvalue weighted by molar-refractivity contribution is 9.10. The first-order valence-electron chi connectivity index (χ1n) is 12.7. The van der Waals surface area contributed by atoms with Crippen LogP contribution in [-0.2, 0) is 16.2 Å². The van der Waals surface area contributed by atoms with Crippen molar-refractivity contribution in [1.29, 1.82) is 0 Å². The van der Waals surface area contributed by atoms with Crippen molar-refractivity contribution >= 4 is 29.2 Å². The van der Waals surface area contributed by atoms with Crippen molar-refractivity contribution in [2.45, 2.75) is 57.8 Å². The van der Waals surface area contributed by atoms with Gasteiger partial charge in [0.25, 0.3) is 0 Å². The second-order valence-electron chi connectivity index (χ2n) is 12.5. The minimum atomic E-state index is -0.0332. The highest BCUT2D eigenvalue weighted by Gasteiger charge is 2.44. The second-order valence-corrected chi connectivity index (χ2v) is 13.4. The summed E-state index contributed by atoms with van der Waals surface area (Å²) >= 11 is 3.71. The van der Waals surface area contributed by atoms with E-state index in [1.807, 2.05) is 0 Å². The van der Waals surface area contributed by atoms with Gasteiger partial charge in [0.1, 0.15) is 7.85 Å². The first-order valence-corrected chi connectivity index (χ1v) is 13.5. The van der Waals surface area contributed by atoms with Crippen LogP contribution in [0.2, 0.25) is 0 Å². The SMILES string of the molecule is Bc1ccc2c(c1)C(C)(C)c1cc3c(cc1-2)C(C)(C)c1cc2c(cc1-3)C(C)(C)c1cc(Br)ccc1-2. The quantitative estimate of drug-likeness (QED) is 0.211. The van der Waals surface area contributed by atoms with Crippen LogP contribution in [0.15, 0.2) is 65.1 Å². The zero-order valence-electron chi connectivity index (χ0n) is 21.7. The molecule has 0 radical (unpaired) electrons. The Morgan fingerprint density at radius 2 is 0.800 bits per heavy atom. The van der Waals surface area contributed by atoms with Gasteiger partial charge in [0.2, 0.25) is 0 Å². The zero-order valence-corrected chi connectivity index (χ0v) is 23.2. The number of fused-ring (bicyclic) bond motifs is 9. The number of hydrogen-bond donors (Lipinski definition) is 0. The van der Waals surface area contributed by atoms with Crippen molar-refractivity contribution in [3.05, 3.63) is 98.5 Å². The first kappa shape index (κ1) is 21.7. The molecule has 4 aromatic carbocycles. The molecule has 3 aliphatic rings. The van der Waals surface area contributed by atoms with Crippen molar-refractivity contribution in [3.63, 3.8) is 0 Å². The molecule has 0 aliphatic heterocycles. The maximum absolute atomic E-state index is 3.71. The lowest BCUT2D eigenvalue weighted by molar-refractivity contribution is 0.649. The van der Waals surface area contributed by atoms with Gasteiger partial charge in [-0.25, -0.2) is 0 Å². The van der Waals surface area contributed by atoms with Crippen LogP contribution in [-0.4, -0.2) is 7.85 Å². The lowest BCUT2D eigenvalue weighted by Gasteiger charge is -2.25. The molecule has 7 rings (SSSR count). The Hall–Kier alpha value is -2.58. The fourth-order valence-electron chi connectivity index (χ4n) is 7.27. The van der Waals surface area contributed by atoms with Crippen LogP contribution in [0.1, 0.15) is 74.9 Å². The van der Waals surface area contributed by atoms with E-state index in [-0.39, 0.29) is 16.2 Å². The molecular formula is C33H30BBr. The fraction of sp³-hybridized carbons (Fsp3) is 0.273. The van der Waals surface area contributed by atoms with Gasteiger partial charge in [-0.3, -0.25) is 0 Å². The molecule has 3 aliphatic carbocycles. The van der Waals surface area contributed by atoms with Gasteiger partial charge in [0.05, 0.1) is 0 Å². The average molecular weight is 517 g/mol. The van der Waals surface area contributed by atoms with Crippen LogP contribution in [0.4, 0.5) is 0 Å². The molecule has 0 amide bonds. The third-order valence-electron chi connectivity index (χ3n) is 9.38. The summed E-state index contributed by atoms with van der Waals surface area (Å²) in [5, 5.41) is 0. The predicted octanol–water partition coefficient (Wildman–Crippen LogP) is 7.63. The summed E-state index contributed by atoms with van der Waals surface area (Å²) in [5.41, 5.74) is 18.5. The van der Waals surface area contributed by atoms with E-state index in [0.29, 0.717) is 0 Å². The Balaban J connectivity index is 1.50. The number of hydrogen-bond acceptors (Lipinski definition) is 0. The summed E-state index contributed by atoms with van der Waals surface area (Å²) in [7, 11) is 2.21. The van der Waals surface area contributed by atoms with Gasteiger partial charge in [0, 0.05) is 20.7 Å². The molecule has 2 heteroatoms. The van der Waals surface area contributed by atoms with Crippen LogP contribution < -0.4 is 5.46 Å². The van der Waals surface area contributed by atoms with E-state index < -0.39 is 0 Å². The Labute approximate surface area is 218 Å². The van der Waals surface area contributed by atoms with E-state index >= 15 is 0 Å². The summed E-state index contributed by atoms with van der Waals surface area (Å²) in [6.07, 6.45) is 0. The highest BCUT2D eigenvalue weighted by Crippen LogP contribution is 2.59. The number of halogens is 1. The molecule has 0 saturated carbocycles. The normalized spacial score (nSPS) is 18.4. The van der Waals surface area contributed by atoms with Crippen molar-refractivity contribution in [2.75, 3.05) is 0 Å². The van der Waals surface area contributed by atoms with Crippen LogP contribution in [0, 0.1) is 0 Å². The second kappa shape index (κ2) is 6.40. The maximum Gasteiger partial charge on any atom is 0.139 e. The van der Waals surface area contributed by atoms with Gasteiger partial charge in [-0.05, 0) is 103 Å². The molecule has 4 aromatic rings. The summed E-state index contributed by atoms with van der Waals surface area (Å²) in [6, 6.07) is 23.9. The molecule has 0 nitrogen and oxygen atoms in total. The summed E-state index contributed by atoms with van der Waals surface area (Å²) in [6.45, 7) is 14.4. The van der Waals surface area contributed by atoms with Crippen LogP contribution in [0.25, 0.3) is 33.4 Å². The molecule has 0 heterocycles. The molecule has 0 bridgehead atoms. The lowest BCUT2D eigenvalue weighted by atomic mass is 9.78. The molecule has 0 saturated heterocycles. The standard InChI is InChI=1S/C33H30BBr/c1-31(2)25-11-17(34)7-9-19(25)21-13-29-23(15-27(21)31)24-16-28-22(14-30(24)33(29,5)6)20-10-8-18(35)12-26(20)32(28,3)4/h7-16H,34H2,1-6H3. The Morgan fingerprint density at radius 3 is 1.26 bits per heavy atom. The molecule has 0 unspecified atom stereocenters. The maximum atomic E-state index is 3.71. The van der Waals surface area contributed by atoms with Gasteiger partial charge in [-0.15, -0.1) is 0 Å². The van der Waals surface area contributed by atoms with Gasteiger partial charge in [-0.1, -0.05) is 87.2 Å². The third kappa shape index (κ3) is 2.54. The van der Waals surface area contributed by atoms with E-state index in [2.05, 4.69) is 126 Å². The minimum Gasteiger partial charge on any atom is -0.0886 e. The van der Waals surface area contributed by atoms with Crippen LogP contribution >= 0.6 is 15.9 Å².